The Bertz CT molecular complexity index is 1250. The van der Waals surface area contributed by atoms with Crippen LogP contribution in [0.3, 0.4) is 0 Å². The summed E-state index contributed by atoms with van der Waals surface area (Å²) in [5.41, 5.74) is 7.24. The minimum absolute atomic E-state index is 0.0471. The lowest BCUT2D eigenvalue weighted by atomic mass is 9.93. The summed E-state index contributed by atoms with van der Waals surface area (Å²) in [6, 6.07) is 9.85. The van der Waals surface area contributed by atoms with Crippen LogP contribution in [-0.4, -0.2) is 61.2 Å². The molecule has 2 aromatic rings. The smallest absolute Gasteiger partial charge is 0.323 e. The van der Waals surface area contributed by atoms with E-state index in [9.17, 15) is 24.0 Å². The highest BCUT2D eigenvalue weighted by atomic mass is 16.5. The Hall–Kier alpha value is -4.81. The highest BCUT2D eigenvalue weighted by molar-refractivity contribution is 6.01. The highest BCUT2D eigenvalue weighted by Crippen LogP contribution is 2.26. The Morgan fingerprint density at radius 3 is 2.23 bits per heavy atom. The predicted octanol–water partition coefficient (Wildman–Crippen LogP) is 1.96. The summed E-state index contributed by atoms with van der Waals surface area (Å²) in [6.07, 6.45) is -0.587. The topological polar surface area (TPSA) is 201 Å². The zero-order chi connectivity index (χ0) is 29.9. The predicted molar refractivity (Wildman–Crippen MR) is 149 cm³/mol. The van der Waals surface area contributed by atoms with Crippen molar-refractivity contribution in [3.05, 3.63) is 53.6 Å². The summed E-state index contributed by atoms with van der Waals surface area (Å²) in [7, 11) is 1.46. The lowest BCUT2D eigenvalue weighted by Gasteiger charge is -2.26. The standard InChI is InChI=1S/C27H36N6O7/c1-16-7-5-6-8-18(16)31-26(39)32-19-10-9-17(11-21(19)40-4)12-22(34)29-14-27(2,3)15-30-25(38)33-20(24(28)37)13-23(35)36/h5-11,20H,12-15H2,1-4H3,(H2,28,37)(H,29,34)(H,35,36)(H2,30,33,38)(H2,31,32,39). The number of nitrogens with one attached hydrogen (secondary N) is 5. The van der Waals surface area contributed by atoms with Crippen LogP contribution in [0.1, 0.15) is 31.4 Å². The van der Waals surface area contributed by atoms with Gasteiger partial charge in [-0.1, -0.05) is 38.1 Å². The minimum Gasteiger partial charge on any atom is -0.495 e. The average Bonchev–Trinajstić information content (AvgIpc) is 2.88. The normalized spacial score (nSPS) is 11.5. The van der Waals surface area contributed by atoms with E-state index < -0.39 is 41.8 Å². The van der Waals surface area contributed by atoms with Gasteiger partial charge in [-0.3, -0.25) is 14.4 Å². The van der Waals surface area contributed by atoms with Gasteiger partial charge in [0.05, 0.1) is 25.6 Å². The van der Waals surface area contributed by atoms with Crippen molar-refractivity contribution in [1.29, 1.82) is 0 Å². The molecule has 1 atom stereocenters. The molecule has 0 aliphatic carbocycles. The molecular formula is C27H36N6O7. The fourth-order valence-corrected chi connectivity index (χ4v) is 3.51. The monoisotopic (exact) mass is 556 g/mol. The molecule has 13 nitrogen and oxygen atoms in total. The summed E-state index contributed by atoms with van der Waals surface area (Å²) in [5.74, 6) is -2.12. The van der Waals surface area contributed by atoms with E-state index >= 15 is 0 Å². The summed E-state index contributed by atoms with van der Waals surface area (Å²) < 4.78 is 5.39. The summed E-state index contributed by atoms with van der Waals surface area (Å²) in [6.45, 7) is 5.84. The number of aliphatic carboxylic acids is 1. The van der Waals surface area contributed by atoms with E-state index in [2.05, 4.69) is 26.6 Å². The van der Waals surface area contributed by atoms with E-state index in [1.807, 2.05) is 39.0 Å². The second kappa shape index (κ2) is 14.4. The third kappa shape index (κ3) is 10.5. The Morgan fingerprint density at radius 1 is 0.950 bits per heavy atom. The van der Waals surface area contributed by atoms with Gasteiger partial charge in [-0.05, 0) is 41.7 Å². The molecule has 6 amide bonds. The van der Waals surface area contributed by atoms with Crippen molar-refractivity contribution < 1.29 is 33.8 Å². The van der Waals surface area contributed by atoms with E-state index in [-0.39, 0.29) is 25.4 Å². The van der Waals surface area contributed by atoms with Gasteiger partial charge < -0.3 is 42.2 Å². The van der Waals surface area contributed by atoms with E-state index in [4.69, 9.17) is 15.6 Å². The number of hydrogen-bond donors (Lipinski definition) is 7. The Balaban J connectivity index is 1.87. The third-order valence-corrected chi connectivity index (χ3v) is 5.79. The highest BCUT2D eigenvalue weighted by Gasteiger charge is 2.24. The number of carbonyl (C=O) groups excluding carboxylic acids is 4. The van der Waals surface area contributed by atoms with Gasteiger partial charge in [-0.25, -0.2) is 9.59 Å². The van der Waals surface area contributed by atoms with Crippen molar-refractivity contribution in [2.75, 3.05) is 30.8 Å². The number of ether oxygens (including phenoxy) is 1. The number of urea groups is 2. The number of carbonyl (C=O) groups is 5. The average molecular weight is 557 g/mol. The van der Waals surface area contributed by atoms with Gasteiger partial charge in [0.2, 0.25) is 11.8 Å². The van der Waals surface area contributed by atoms with Gasteiger partial charge in [-0.15, -0.1) is 0 Å². The molecule has 1 unspecified atom stereocenters. The summed E-state index contributed by atoms with van der Waals surface area (Å²) in [5, 5.41) is 21.9. The van der Waals surface area contributed by atoms with Crippen LogP contribution in [0, 0.1) is 12.3 Å². The SMILES string of the molecule is COc1cc(CC(=O)NCC(C)(C)CNC(=O)NC(CC(=O)O)C(N)=O)ccc1NC(=O)Nc1ccccc1C. The summed E-state index contributed by atoms with van der Waals surface area (Å²) in [4.78, 5) is 59.2. The van der Waals surface area contributed by atoms with Crippen LogP contribution in [0.5, 0.6) is 5.75 Å². The van der Waals surface area contributed by atoms with Gasteiger partial charge >= 0.3 is 18.0 Å². The maximum atomic E-state index is 12.6. The molecule has 0 bridgehead atoms. The molecule has 0 aromatic heterocycles. The van der Waals surface area contributed by atoms with Crippen molar-refractivity contribution in [1.82, 2.24) is 16.0 Å². The number of nitrogens with two attached hydrogens (primary N) is 1. The van der Waals surface area contributed by atoms with Gasteiger partial charge in [0, 0.05) is 18.8 Å². The van der Waals surface area contributed by atoms with Crippen LogP contribution in [0.2, 0.25) is 0 Å². The molecule has 0 spiro atoms. The fraction of sp³-hybridized carbons (Fsp3) is 0.370. The number of carboxylic acids is 1. The number of anilines is 2. The lowest BCUT2D eigenvalue weighted by molar-refractivity contribution is -0.139. The van der Waals surface area contributed by atoms with E-state index in [1.165, 1.54) is 7.11 Å². The first-order chi connectivity index (χ1) is 18.8. The molecule has 0 radical (unpaired) electrons. The summed E-state index contributed by atoms with van der Waals surface area (Å²) >= 11 is 0. The van der Waals surface area contributed by atoms with Crippen LogP contribution >= 0.6 is 0 Å². The molecule has 40 heavy (non-hydrogen) atoms. The zero-order valence-corrected chi connectivity index (χ0v) is 22.9. The number of aryl methyl sites for hydroxylation is 1. The lowest BCUT2D eigenvalue weighted by Crippen LogP contribution is -2.51. The number of carboxylic acid groups (broad SMARTS) is 1. The Kier molecular flexibility index (Phi) is 11.3. The molecule has 216 valence electrons. The number of methoxy groups -OCH3 is 1. The first kappa shape index (κ1) is 31.4. The van der Waals surface area contributed by atoms with Crippen LogP contribution in [-0.2, 0) is 20.8 Å². The molecule has 0 aliphatic heterocycles. The van der Waals surface area contributed by atoms with Crippen molar-refractivity contribution in [3.8, 4) is 5.75 Å². The molecule has 2 rings (SSSR count). The molecule has 8 N–H and O–H groups in total. The van der Waals surface area contributed by atoms with Crippen LogP contribution < -0.4 is 37.1 Å². The molecule has 2 aromatic carbocycles. The molecule has 0 aliphatic rings. The fourth-order valence-electron chi connectivity index (χ4n) is 3.51. The van der Waals surface area contributed by atoms with Gasteiger partial charge in [0.25, 0.3) is 0 Å². The first-order valence-corrected chi connectivity index (χ1v) is 12.4. The van der Waals surface area contributed by atoms with Crippen molar-refractivity contribution in [3.63, 3.8) is 0 Å². The molecule has 13 heteroatoms. The van der Waals surface area contributed by atoms with E-state index in [0.717, 1.165) is 5.56 Å². The maximum Gasteiger partial charge on any atom is 0.323 e. The molecular weight excluding hydrogens is 520 g/mol. The largest absolute Gasteiger partial charge is 0.495 e. The van der Waals surface area contributed by atoms with Crippen molar-refractivity contribution in [2.45, 2.75) is 39.7 Å². The number of primary amides is 1. The van der Waals surface area contributed by atoms with Gasteiger partial charge in [0.1, 0.15) is 11.8 Å². The van der Waals surface area contributed by atoms with Crippen molar-refractivity contribution >= 4 is 41.2 Å². The van der Waals surface area contributed by atoms with Crippen LogP contribution in [0.15, 0.2) is 42.5 Å². The maximum absolute atomic E-state index is 12.6. The molecule has 0 fully saturated rings. The second-order valence-corrected chi connectivity index (χ2v) is 9.93. The van der Waals surface area contributed by atoms with E-state index in [1.54, 1.807) is 24.3 Å². The molecule has 0 heterocycles. The first-order valence-electron chi connectivity index (χ1n) is 12.4. The number of amides is 6. The Morgan fingerprint density at radius 2 is 1.60 bits per heavy atom. The van der Waals surface area contributed by atoms with Gasteiger partial charge in [0.15, 0.2) is 0 Å². The quantitative estimate of drug-likeness (QED) is 0.195. The Labute approximate surface area is 232 Å². The number of benzene rings is 2. The zero-order valence-electron chi connectivity index (χ0n) is 22.9. The molecule has 0 saturated heterocycles. The molecule has 0 saturated carbocycles. The number of para-hydroxylation sites is 1. The van der Waals surface area contributed by atoms with Gasteiger partial charge in [-0.2, -0.15) is 0 Å². The van der Waals surface area contributed by atoms with E-state index in [0.29, 0.717) is 22.7 Å². The second-order valence-electron chi connectivity index (χ2n) is 9.93. The van der Waals surface area contributed by atoms with Crippen LogP contribution in [0.25, 0.3) is 0 Å². The van der Waals surface area contributed by atoms with Crippen molar-refractivity contribution in [2.24, 2.45) is 11.1 Å². The minimum atomic E-state index is -1.35. The number of rotatable bonds is 13. The number of hydrogen-bond acceptors (Lipinski definition) is 6. The third-order valence-electron chi connectivity index (χ3n) is 5.79. The van der Waals surface area contributed by atoms with Crippen LogP contribution in [0.4, 0.5) is 21.0 Å².